The van der Waals surface area contributed by atoms with Gasteiger partial charge in [-0.05, 0) is 68.1 Å². The summed E-state index contributed by atoms with van der Waals surface area (Å²) in [5.41, 5.74) is 1.87. The summed E-state index contributed by atoms with van der Waals surface area (Å²) in [5.74, 6) is 0.198. The van der Waals surface area contributed by atoms with Crippen LogP contribution in [0, 0.1) is 0 Å². The molecule has 2 saturated heterocycles. The lowest BCUT2D eigenvalue weighted by Gasteiger charge is -2.22. The van der Waals surface area contributed by atoms with Gasteiger partial charge in [0.15, 0.2) is 0 Å². The zero-order valence-corrected chi connectivity index (χ0v) is 19.4. The molecule has 172 valence electrons. The average Bonchev–Trinajstić information content (AvgIpc) is 3.20. The van der Waals surface area contributed by atoms with Gasteiger partial charge >= 0.3 is 0 Å². The highest BCUT2D eigenvalue weighted by Crippen LogP contribution is 2.27. The smallest absolute Gasteiger partial charge is 0.261 e. The molecule has 0 aliphatic carbocycles. The standard InChI is InChI=1S/C24H31N3O4S/c1-31-23-13-12-21(18-22(23)24(28)27-16-4-2-3-5-17-27)32(29,30)25-19-8-10-20(11-9-19)26-14-6-7-15-26/h8-13,18,25H,2-7,14-17H2,1H3. The molecule has 32 heavy (non-hydrogen) atoms. The molecule has 7 nitrogen and oxygen atoms in total. The number of carbonyl (C=O) groups excluding carboxylic acids is 1. The van der Waals surface area contributed by atoms with Crippen molar-refractivity contribution in [2.45, 2.75) is 43.4 Å². The van der Waals surface area contributed by atoms with E-state index in [1.165, 1.54) is 32.1 Å². The third-order valence-corrected chi connectivity index (χ3v) is 7.57. The number of sulfonamides is 1. The molecule has 8 heteroatoms. The number of likely N-dealkylation sites (tertiary alicyclic amines) is 1. The predicted molar refractivity (Wildman–Crippen MR) is 126 cm³/mol. The van der Waals surface area contributed by atoms with Gasteiger partial charge in [-0.25, -0.2) is 8.42 Å². The Balaban J connectivity index is 1.55. The third-order valence-electron chi connectivity index (χ3n) is 6.20. The van der Waals surface area contributed by atoms with E-state index in [-0.39, 0.29) is 16.4 Å². The first-order chi connectivity index (χ1) is 15.5. The molecular formula is C24H31N3O4S. The predicted octanol–water partition coefficient (Wildman–Crippen LogP) is 4.11. The topological polar surface area (TPSA) is 79.0 Å². The van der Waals surface area contributed by atoms with Gasteiger partial charge in [-0.15, -0.1) is 0 Å². The second-order valence-electron chi connectivity index (χ2n) is 8.42. The molecule has 2 aromatic carbocycles. The number of amides is 1. The summed E-state index contributed by atoms with van der Waals surface area (Å²) in [6.45, 7) is 3.43. The zero-order valence-electron chi connectivity index (χ0n) is 18.5. The van der Waals surface area contributed by atoms with Crippen molar-refractivity contribution in [3.05, 3.63) is 48.0 Å². The molecule has 2 aliphatic rings. The van der Waals surface area contributed by atoms with E-state index >= 15 is 0 Å². The summed E-state index contributed by atoms with van der Waals surface area (Å²) in [6.07, 6.45) is 6.50. The quantitative estimate of drug-likeness (QED) is 0.706. The van der Waals surface area contributed by atoms with Crippen LogP contribution in [0.25, 0.3) is 0 Å². The molecule has 2 aromatic rings. The Morgan fingerprint density at radius 1 is 0.875 bits per heavy atom. The number of methoxy groups -OCH3 is 1. The minimum absolute atomic E-state index is 0.0418. The fraction of sp³-hybridized carbons (Fsp3) is 0.458. The highest BCUT2D eigenvalue weighted by Gasteiger charge is 2.24. The number of hydrogen-bond donors (Lipinski definition) is 1. The molecule has 0 spiro atoms. The van der Waals surface area contributed by atoms with Gasteiger partial charge < -0.3 is 14.5 Å². The van der Waals surface area contributed by atoms with Crippen LogP contribution in [0.4, 0.5) is 11.4 Å². The number of nitrogens with one attached hydrogen (secondary N) is 1. The largest absolute Gasteiger partial charge is 0.496 e. The lowest BCUT2D eigenvalue weighted by atomic mass is 10.1. The van der Waals surface area contributed by atoms with Gasteiger partial charge in [0.1, 0.15) is 5.75 Å². The summed E-state index contributed by atoms with van der Waals surface area (Å²) in [4.78, 5) is 17.3. The van der Waals surface area contributed by atoms with Gasteiger partial charge in [0, 0.05) is 37.6 Å². The Labute approximate surface area is 190 Å². The zero-order chi connectivity index (χ0) is 22.6. The summed E-state index contributed by atoms with van der Waals surface area (Å²) in [5, 5.41) is 0. The first-order valence-electron chi connectivity index (χ1n) is 11.3. The SMILES string of the molecule is COc1ccc(S(=O)(=O)Nc2ccc(N3CCCC3)cc2)cc1C(=O)N1CCCCCC1. The van der Waals surface area contributed by atoms with E-state index in [0.717, 1.165) is 44.5 Å². The van der Waals surface area contributed by atoms with Crippen LogP contribution >= 0.6 is 0 Å². The van der Waals surface area contributed by atoms with E-state index in [9.17, 15) is 13.2 Å². The van der Waals surface area contributed by atoms with Crippen LogP contribution < -0.4 is 14.4 Å². The van der Waals surface area contributed by atoms with Gasteiger partial charge in [0.05, 0.1) is 17.6 Å². The fourth-order valence-corrected chi connectivity index (χ4v) is 5.48. The molecule has 2 aliphatic heterocycles. The molecule has 0 unspecified atom stereocenters. The van der Waals surface area contributed by atoms with Gasteiger partial charge in [-0.2, -0.15) is 0 Å². The molecule has 2 fully saturated rings. The van der Waals surface area contributed by atoms with Crippen LogP contribution in [0.3, 0.4) is 0 Å². The number of ether oxygens (including phenoxy) is 1. The van der Waals surface area contributed by atoms with Crippen molar-refractivity contribution < 1.29 is 17.9 Å². The van der Waals surface area contributed by atoms with Crippen molar-refractivity contribution in [2.75, 3.05) is 42.9 Å². The van der Waals surface area contributed by atoms with E-state index in [1.54, 1.807) is 23.1 Å². The Bertz CT molecular complexity index is 1040. The normalized spacial score (nSPS) is 17.2. The second kappa shape index (κ2) is 9.81. The second-order valence-corrected chi connectivity index (χ2v) is 10.1. The molecule has 0 atom stereocenters. The Morgan fingerprint density at radius 2 is 1.50 bits per heavy atom. The van der Waals surface area contributed by atoms with Crippen LogP contribution in [-0.2, 0) is 10.0 Å². The van der Waals surface area contributed by atoms with Gasteiger partial charge in [0.25, 0.3) is 15.9 Å². The highest BCUT2D eigenvalue weighted by molar-refractivity contribution is 7.92. The first-order valence-corrected chi connectivity index (χ1v) is 12.8. The molecule has 0 saturated carbocycles. The lowest BCUT2D eigenvalue weighted by Crippen LogP contribution is -2.32. The summed E-state index contributed by atoms with van der Waals surface area (Å²) >= 11 is 0. The van der Waals surface area contributed by atoms with Crippen molar-refractivity contribution in [1.82, 2.24) is 4.90 Å². The molecule has 0 radical (unpaired) electrons. The fourth-order valence-electron chi connectivity index (χ4n) is 4.40. The van der Waals surface area contributed by atoms with E-state index in [1.807, 2.05) is 12.1 Å². The minimum atomic E-state index is -3.85. The van der Waals surface area contributed by atoms with E-state index in [0.29, 0.717) is 24.5 Å². The Kier molecular flexibility index (Phi) is 6.89. The molecular weight excluding hydrogens is 426 g/mol. The van der Waals surface area contributed by atoms with E-state index in [2.05, 4.69) is 9.62 Å². The number of hydrogen-bond acceptors (Lipinski definition) is 5. The number of benzene rings is 2. The van der Waals surface area contributed by atoms with Crippen molar-refractivity contribution >= 4 is 27.3 Å². The maximum absolute atomic E-state index is 13.2. The minimum Gasteiger partial charge on any atom is -0.496 e. The number of nitrogens with zero attached hydrogens (tertiary/aromatic N) is 2. The Hall–Kier alpha value is -2.74. The van der Waals surface area contributed by atoms with Crippen LogP contribution in [0.5, 0.6) is 5.75 Å². The third kappa shape index (κ3) is 5.01. The van der Waals surface area contributed by atoms with E-state index in [4.69, 9.17) is 4.74 Å². The van der Waals surface area contributed by atoms with Crippen LogP contribution in [0.2, 0.25) is 0 Å². The van der Waals surface area contributed by atoms with Gasteiger partial charge in [-0.3, -0.25) is 9.52 Å². The van der Waals surface area contributed by atoms with Crippen molar-refractivity contribution in [3.8, 4) is 5.75 Å². The van der Waals surface area contributed by atoms with Gasteiger partial charge in [0.2, 0.25) is 0 Å². The molecule has 0 bridgehead atoms. The monoisotopic (exact) mass is 457 g/mol. The van der Waals surface area contributed by atoms with Gasteiger partial charge in [-0.1, -0.05) is 12.8 Å². The molecule has 2 heterocycles. The number of carbonyl (C=O) groups is 1. The molecule has 1 amide bonds. The summed E-state index contributed by atoms with van der Waals surface area (Å²) in [6, 6.07) is 11.9. The molecule has 4 rings (SSSR count). The van der Waals surface area contributed by atoms with E-state index < -0.39 is 10.0 Å². The lowest BCUT2D eigenvalue weighted by molar-refractivity contribution is 0.0758. The first kappa shape index (κ1) is 22.5. The summed E-state index contributed by atoms with van der Waals surface area (Å²) < 4.78 is 34.1. The number of rotatable bonds is 6. The van der Waals surface area contributed by atoms with Crippen molar-refractivity contribution in [3.63, 3.8) is 0 Å². The Morgan fingerprint density at radius 3 is 2.12 bits per heavy atom. The van der Waals surface area contributed by atoms with Crippen LogP contribution in [0.15, 0.2) is 47.4 Å². The molecule has 0 aromatic heterocycles. The number of anilines is 2. The maximum Gasteiger partial charge on any atom is 0.261 e. The highest BCUT2D eigenvalue weighted by atomic mass is 32.2. The van der Waals surface area contributed by atoms with Crippen molar-refractivity contribution in [2.24, 2.45) is 0 Å². The van der Waals surface area contributed by atoms with Crippen LogP contribution in [-0.4, -0.2) is 52.5 Å². The average molecular weight is 458 g/mol. The van der Waals surface area contributed by atoms with Crippen LogP contribution in [0.1, 0.15) is 48.9 Å². The molecule has 1 N–H and O–H groups in total. The summed E-state index contributed by atoms with van der Waals surface area (Å²) in [7, 11) is -2.37. The van der Waals surface area contributed by atoms with Crippen molar-refractivity contribution in [1.29, 1.82) is 0 Å². The maximum atomic E-state index is 13.2.